The summed E-state index contributed by atoms with van der Waals surface area (Å²) < 4.78 is 15.8. The number of carbonyl (C=O) groups excluding carboxylic acids is 1. The lowest BCUT2D eigenvalue weighted by Crippen LogP contribution is -2.46. The van der Waals surface area contributed by atoms with Gasteiger partial charge in [-0.25, -0.2) is 8.70 Å². The summed E-state index contributed by atoms with van der Waals surface area (Å²) >= 11 is 1.60. The fourth-order valence-corrected chi connectivity index (χ4v) is 5.84. The van der Waals surface area contributed by atoms with Gasteiger partial charge < -0.3 is 27.2 Å². The van der Waals surface area contributed by atoms with Gasteiger partial charge in [-0.3, -0.25) is 4.79 Å². The van der Waals surface area contributed by atoms with Gasteiger partial charge in [0.05, 0.1) is 23.5 Å². The van der Waals surface area contributed by atoms with Crippen molar-refractivity contribution in [1.82, 2.24) is 9.62 Å². The molecule has 0 radical (unpaired) electrons. The molecule has 1 amide bonds. The number of halogens is 1. The molecule has 0 saturated heterocycles. The lowest BCUT2D eigenvalue weighted by molar-refractivity contribution is 0.102. The minimum absolute atomic E-state index is 0.212. The Morgan fingerprint density at radius 1 is 0.932 bits per heavy atom. The first kappa shape index (κ1) is 32.6. The van der Waals surface area contributed by atoms with E-state index in [1.807, 2.05) is 54.6 Å². The minimum Gasteiger partial charge on any atom is -0.399 e. The van der Waals surface area contributed by atoms with Crippen molar-refractivity contribution < 1.29 is 14.3 Å². The molecule has 2 atom stereocenters. The van der Waals surface area contributed by atoms with Gasteiger partial charge in [0.1, 0.15) is 5.82 Å². The Bertz CT molecular complexity index is 1530. The van der Waals surface area contributed by atoms with Crippen LogP contribution in [0.4, 0.5) is 21.5 Å². The van der Waals surface area contributed by atoms with Crippen LogP contribution in [0.5, 0.6) is 0 Å². The number of nitrogens with zero attached hydrogens (tertiary/aromatic N) is 1. The SMILES string of the molecule is C=C(NC(Cc1ccccc1)C(O)CN(CC(C)C)Sc1ccc(N)cc1)c1ccc(C(=O)Nc2cc(F)ccc2N)cc1. The molecule has 0 aromatic heterocycles. The maximum absolute atomic E-state index is 13.6. The van der Waals surface area contributed by atoms with E-state index < -0.39 is 17.8 Å². The Morgan fingerprint density at radius 2 is 1.59 bits per heavy atom. The van der Waals surface area contributed by atoms with Crippen molar-refractivity contribution >= 4 is 40.6 Å². The molecule has 0 saturated carbocycles. The van der Waals surface area contributed by atoms with Crippen LogP contribution in [-0.2, 0) is 6.42 Å². The molecule has 4 rings (SSSR count). The highest BCUT2D eigenvalue weighted by Crippen LogP contribution is 2.26. The quantitative estimate of drug-likeness (QED) is 0.0821. The van der Waals surface area contributed by atoms with E-state index in [2.05, 4.69) is 35.4 Å². The number of aliphatic hydroxyl groups is 1. The number of hydrogen-bond acceptors (Lipinski definition) is 7. The zero-order chi connectivity index (χ0) is 31.6. The normalized spacial score (nSPS) is 12.6. The maximum atomic E-state index is 13.6. The van der Waals surface area contributed by atoms with E-state index in [4.69, 9.17) is 11.5 Å². The van der Waals surface area contributed by atoms with Crippen molar-refractivity contribution in [3.05, 3.63) is 126 Å². The number of rotatable bonds is 14. The van der Waals surface area contributed by atoms with Crippen molar-refractivity contribution in [2.45, 2.75) is 37.3 Å². The van der Waals surface area contributed by atoms with E-state index in [0.717, 1.165) is 22.6 Å². The average molecular weight is 614 g/mol. The highest BCUT2D eigenvalue weighted by atomic mass is 32.2. The average Bonchev–Trinajstić information content (AvgIpc) is 3.00. The smallest absolute Gasteiger partial charge is 0.255 e. The van der Waals surface area contributed by atoms with Crippen LogP contribution in [0.2, 0.25) is 0 Å². The molecule has 230 valence electrons. The van der Waals surface area contributed by atoms with Crippen LogP contribution in [0.15, 0.2) is 109 Å². The highest BCUT2D eigenvalue weighted by Gasteiger charge is 2.24. The molecule has 44 heavy (non-hydrogen) atoms. The summed E-state index contributed by atoms with van der Waals surface area (Å²) in [5, 5.41) is 17.7. The molecule has 2 unspecified atom stereocenters. The molecule has 0 heterocycles. The standard InChI is InChI=1S/C35H40FN5O2S/c1-23(2)21-41(44-30-16-14-29(37)15-17-30)22-34(42)33(19-25-7-5-4-6-8-25)39-24(3)26-9-11-27(12-10-26)35(43)40-32-20-28(36)13-18-31(32)38/h4-18,20,23,33-34,39,42H,3,19,21-22,37-38H2,1-2H3,(H,40,43). The largest absolute Gasteiger partial charge is 0.399 e. The molecule has 0 spiro atoms. The molecule has 0 bridgehead atoms. The lowest BCUT2D eigenvalue weighted by atomic mass is 9.99. The number of hydrogen-bond donors (Lipinski definition) is 5. The summed E-state index contributed by atoms with van der Waals surface area (Å²) in [6.07, 6.45) is -0.146. The second kappa shape index (κ2) is 15.4. The van der Waals surface area contributed by atoms with Crippen molar-refractivity contribution in [3.8, 4) is 0 Å². The molecule has 9 heteroatoms. The van der Waals surface area contributed by atoms with Gasteiger partial charge in [-0.1, -0.05) is 62.9 Å². The van der Waals surface area contributed by atoms with Crippen molar-refractivity contribution in [3.63, 3.8) is 0 Å². The van der Waals surface area contributed by atoms with E-state index in [0.29, 0.717) is 35.8 Å². The molecule has 0 aliphatic carbocycles. The summed E-state index contributed by atoms with van der Waals surface area (Å²) in [5.41, 5.74) is 15.8. The summed E-state index contributed by atoms with van der Waals surface area (Å²) in [4.78, 5) is 13.8. The number of aliphatic hydroxyl groups excluding tert-OH is 1. The first-order valence-electron chi connectivity index (χ1n) is 14.5. The van der Waals surface area contributed by atoms with E-state index in [1.54, 1.807) is 36.2 Å². The van der Waals surface area contributed by atoms with Crippen LogP contribution in [-0.4, -0.2) is 40.6 Å². The highest BCUT2D eigenvalue weighted by molar-refractivity contribution is 7.97. The molecular weight excluding hydrogens is 573 g/mol. The van der Waals surface area contributed by atoms with Gasteiger partial charge in [-0.2, -0.15) is 0 Å². The van der Waals surface area contributed by atoms with E-state index in [1.165, 1.54) is 18.2 Å². The molecule has 0 fully saturated rings. The van der Waals surface area contributed by atoms with E-state index >= 15 is 0 Å². The number of anilines is 3. The molecule has 7 nitrogen and oxygen atoms in total. The molecule has 0 aliphatic rings. The van der Waals surface area contributed by atoms with Crippen LogP contribution in [0, 0.1) is 11.7 Å². The third kappa shape index (κ3) is 9.60. The zero-order valence-corrected chi connectivity index (χ0v) is 25.9. The third-order valence-electron chi connectivity index (χ3n) is 6.96. The van der Waals surface area contributed by atoms with Crippen molar-refractivity contribution in [2.24, 2.45) is 5.92 Å². The third-order valence-corrected chi connectivity index (χ3v) is 8.00. The Kier molecular flexibility index (Phi) is 11.4. The second-order valence-corrected chi connectivity index (χ2v) is 12.3. The number of nitrogen functional groups attached to an aromatic ring is 2. The van der Waals surface area contributed by atoms with Crippen LogP contribution < -0.4 is 22.1 Å². The van der Waals surface area contributed by atoms with E-state index in [9.17, 15) is 14.3 Å². The summed E-state index contributed by atoms with van der Waals surface area (Å²) in [5.74, 6) is -0.503. The van der Waals surface area contributed by atoms with Crippen LogP contribution in [0.1, 0.15) is 35.3 Å². The topological polar surface area (TPSA) is 117 Å². The predicted molar refractivity (Wildman–Crippen MR) is 180 cm³/mol. The fourth-order valence-electron chi connectivity index (χ4n) is 4.68. The van der Waals surface area contributed by atoms with Gasteiger partial charge >= 0.3 is 0 Å². The Hall–Kier alpha value is -4.31. The van der Waals surface area contributed by atoms with Gasteiger partial charge in [-0.15, -0.1) is 0 Å². The maximum Gasteiger partial charge on any atom is 0.255 e. The van der Waals surface area contributed by atoms with Crippen LogP contribution in [0.25, 0.3) is 5.70 Å². The molecule has 7 N–H and O–H groups in total. The number of carbonyl (C=O) groups is 1. The number of benzene rings is 4. The van der Waals surface area contributed by atoms with Gasteiger partial charge in [0.2, 0.25) is 0 Å². The van der Waals surface area contributed by atoms with Crippen molar-refractivity contribution in [1.29, 1.82) is 0 Å². The molecule has 4 aromatic carbocycles. The summed E-state index contributed by atoms with van der Waals surface area (Å²) in [6, 6.07) is 28.1. The number of nitrogens with two attached hydrogens (primary N) is 2. The van der Waals surface area contributed by atoms with Gasteiger partial charge in [0.15, 0.2) is 0 Å². The zero-order valence-electron chi connectivity index (χ0n) is 25.0. The first-order valence-corrected chi connectivity index (χ1v) is 15.3. The number of amides is 1. The molecule has 4 aromatic rings. The minimum atomic E-state index is -0.728. The van der Waals surface area contributed by atoms with Gasteiger partial charge in [-0.05, 0) is 90.0 Å². The summed E-state index contributed by atoms with van der Waals surface area (Å²) in [6.45, 7) is 9.76. The first-order chi connectivity index (χ1) is 21.1. The summed E-state index contributed by atoms with van der Waals surface area (Å²) in [7, 11) is 0. The van der Waals surface area contributed by atoms with Crippen molar-refractivity contribution in [2.75, 3.05) is 29.9 Å². The van der Waals surface area contributed by atoms with Gasteiger partial charge in [0, 0.05) is 34.9 Å². The van der Waals surface area contributed by atoms with Gasteiger partial charge in [0.25, 0.3) is 5.91 Å². The van der Waals surface area contributed by atoms with Crippen LogP contribution in [0.3, 0.4) is 0 Å². The second-order valence-electron chi connectivity index (χ2n) is 11.2. The lowest BCUT2D eigenvalue weighted by Gasteiger charge is -2.31. The Balaban J connectivity index is 1.47. The molecule has 0 aliphatic heterocycles. The molecular formula is C35H40FN5O2S. The fraction of sp³-hybridized carbons (Fsp3) is 0.229. The van der Waals surface area contributed by atoms with E-state index in [-0.39, 0.29) is 17.4 Å². The monoisotopic (exact) mass is 613 g/mol. The Labute approximate surface area is 263 Å². The van der Waals surface area contributed by atoms with Crippen LogP contribution >= 0.6 is 11.9 Å². The predicted octanol–water partition coefficient (Wildman–Crippen LogP) is 6.44. The Morgan fingerprint density at radius 3 is 2.25 bits per heavy atom. The number of nitrogens with one attached hydrogen (secondary N) is 2.